The molecule has 8 nitrogen and oxygen atoms in total. The molecule has 236 valence electrons. The second kappa shape index (κ2) is 16.4. The first-order valence-electron chi connectivity index (χ1n) is 14.9. The number of rotatable bonds is 9. The van der Waals surface area contributed by atoms with E-state index in [4.69, 9.17) is 9.47 Å². The van der Waals surface area contributed by atoms with E-state index < -0.39 is 0 Å². The zero-order chi connectivity index (χ0) is 32.2. The van der Waals surface area contributed by atoms with Gasteiger partial charge in [-0.15, -0.1) is 0 Å². The van der Waals surface area contributed by atoms with E-state index in [1.54, 1.807) is 35.2 Å². The predicted octanol–water partition coefficient (Wildman–Crippen LogP) is 6.07. The number of carbonyl (C=O) groups is 2. The van der Waals surface area contributed by atoms with E-state index in [1.165, 1.54) is 17.7 Å². The van der Waals surface area contributed by atoms with Crippen molar-refractivity contribution in [3.8, 4) is 17.2 Å². The average molecular weight is 614 g/mol. The van der Waals surface area contributed by atoms with Gasteiger partial charge in [0, 0.05) is 19.6 Å². The summed E-state index contributed by atoms with van der Waals surface area (Å²) >= 11 is 0. The fourth-order valence-corrected chi connectivity index (χ4v) is 4.75. The third-order valence-electron chi connectivity index (χ3n) is 6.95. The highest BCUT2D eigenvalue weighted by atomic mass is 19.1. The van der Waals surface area contributed by atoms with Crippen LogP contribution in [0.2, 0.25) is 0 Å². The molecule has 0 unspecified atom stereocenters. The second-order valence-corrected chi connectivity index (χ2v) is 11.0. The first-order valence-corrected chi connectivity index (χ1v) is 14.9. The maximum absolute atomic E-state index is 12.8. The van der Waals surface area contributed by atoms with E-state index in [-0.39, 0.29) is 37.2 Å². The van der Waals surface area contributed by atoms with Gasteiger partial charge in [-0.3, -0.25) is 9.59 Å². The van der Waals surface area contributed by atoms with Crippen LogP contribution in [-0.2, 0) is 17.8 Å². The van der Waals surface area contributed by atoms with Crippen LogP contribution in [0.1, 0.15) is 33.5 Å². The molecular weight excluding hydrogens is 573 g/mol. The number of carbonyl (C=O) groups excluding carboxylic acids is 2. The molecule has 1 heterocycles. The minimum atomic E-state index is -0.260. The molecule has 1 aliphatic rings. The Labute approximate surface area is 264 Å². The quantitative estimate of drug-likeness (QED) is 0.238. The monoisotopic (exact) mass is 613 g/mol. The lowest BCUT2D eigenvalue weighted by Crippen LogP contribution is -2.36. The molecule has 0 atom stereocenters. The van der Waals surface area contributed by atoms with Gasteiger partial charge in [0.15, 0.2) is 5.75 Å². The highest BCUT2D eigenvalue weighted by molar-refractivity contribution is 6.01. The van der Waals surface area contributed by atoms with Gasteiger partial charge in [-0.25, -0.2) is 4.39 Å². The molecule has 0 bridgehead atoms. The van der Waals surface area contributed by atoms with E-state index in [0.717, 1.165) is 23.4 Å². The van der Waals surface area contributed by atoms with Gasteiger partial charge in [0.2, 0.25) is 5.91 Å². The predicted molar refractivity (Wildman–Crippen MR) is 173 cm³/mol. The van der Waals surface area contributed by atoms with Crippen molar-refractivity contribution in [2.75, 3.05) is 45.7 Å². The highest BCUT2D eigenvalue weighted by Gasteiger charge is 2.24. The van der Waals surface area contributed by atoms with Gasteiger partial charge < -0.3 is 29.7 Å². The van der Waals surface area contributed by atoms with Crippen molar-refractivity contribution in [3.05, 3.63) is 119 Å². The van der Waals surface area contributed by atoms with Crippen LogP contribution in [0.3, 0.4) is 0 Å². The maximum Gasteiger partial charge on any atom is 0.257 e. The lowest BCUT2D eigenvalue weighted by Gasteiger charge is -2.26. The minimum absolute atomic E-state index is 0.0884. The highest BCUT2D eigenvalue weighted by Crippen LogP contribution is 2.32. The molecule has 0 aromatic heterocycles. The Bertz CT molecular complexity index is 1540. The molecule has 0 saturated heterocycles. The minimum Gasteiger partial charge on any atom is -0.490 e. The molecule has 0 fully saturated rings. The lowest BCUT2D eigenvalue weighted by atomic mass is 10.1. The number of nitrogens with zero attached hydrogens (tertiary/aromatic N) is 2. The number of nitrogens with one attached hydrogen (secondary N) is 1. The van der Waals surface area contributed by atoms with E-state index in [0.29, 0.717) is 42.3 Å². The van der Waals surface area contributed by atoms with Gasteiger partial charge in [-0.1, -0.05) is 48.0 Å². The number of aliphatic hydroxyl groups excluding tert-OH is 1. The fourth-order valence-electron chi connectivity index (χ4n) is 4.75. The number of hydrogen-bond donors (Lipinski definition) is 2. The molecule has 2 N–H and O–H groups in total. The van der Waals surface area contributed by atoms with E-state index in [1.807, 2.05) is 69.6 Å². The third-order valence-corrected chi connectivity index (χ3v) is 6.95. The van der Waals surface area contributed by atoms with Gasteiger partial charge in [-0.2, -0.15) is 0 Å². The van der Waals surface area contributed by atoms with Crippen molar-refractivity contribution in [1.82, 2.24) is 9.80 Å². The largest absolute Gasteiger partial charge is 0.490 e. The summed E-state index contributed by atoms with van der Waals surface area (Å²) in [5.41, 5.74) is 4.18. The van der Waals surface area contributed by atoms with Crippen molar-refractivity contribution in [3.63, 3.8) is 0 Å². The number of hydrogen-bond acceptors (Lipinski definition) is 6. The van der Waals surface area contributed by atoms with Crippen molar-refractivity contribution in [1.29, 1.82) is 0 Å². The van der Waals surface area contributed by atoms with Gasteiger partial charge in [0.25, 0.3) is 5.91 Å². The van der Waals surface area contributed by atoms with E-state index >= 15 is 0 Å². The Hall–Kier alpha value is -4.73. The Morgan fingerprint density at radius 2 is 1.60 bits per heavy atom. The first kappa shape index (κ1) is 33.2. The molecule has 45 heavy (non-hydrogen) atoms. The van der Waals surface area contributed by atoms with Gasteiger partial charge in [0.1, 0.15) is 17.3 Å². The molecule has 0 saturated carbocycles. The van der Waals surface area contributed by atoms with Crippen LogP contribution in [0.5, 0.6) is 17.2 Å². The summed E-state index contributed by atoms with van der Waals surface area (Å²) in [4.78, 5) is 28.9. The molecule has 1 aliphatic heterocycles. The standard InChI is InChI=1S/C21H24N2O4.C15H16FNO/c1-15-6-8-16(9-7-15)14-19(25)22-18-5-2-4-17-20(18)27-13-3-10-23(11-12-24)21(17)26;1-17(2)11-12-3-7-14(8-4-12)18-15-9-5-13(16)6-10-15/h2,4-9,24H,3,10-14H2,1H3,(H,22,25);3-10H,11H2,1-2H3. The van der Waals surface area contributed by atoms with Crippen LogP contribution in [0.15, 0.2) is 91.0 Å². The molecule has 5 rings (SSSR count). The molecule has 4 aromatic rings. The summed E-state index contributed by atoms with van der Waals surface area (Å²) in [5, 5.41) is 12.1. The number of β-amino-alcohol motifs (C(OH)–C–C–N with tert-alkyl or cyclic N) is 1. The first-order chi connectivity index (χ1) is 21.7. The summed E-state index contributed by atoms with van der Waals surface area (Å²) in [7, 11) is 4.06. The molecule has 2 amide bonds. The lowest BCUT2D eigenvalue weighted by molar-refractivity contribution is -0.115. The van der Waals surface area contributed by atoms with Crippen molar-refractivity contribution < 1.29 is 28.6 Å². The zero-order valence-electron chi connectivity index (χ0n) is 26.0. The molecule has 0 spiro atoms. The van der Waals surface area contributed by atoms with Gasteiger partial charge >= 0.3 is 0 Å². The molecular formula is C36H40FN3O5. The average Bonchev–Trinajstić information content (AvgIpc) is 3.01. The summed E-state index contributed by atoms with van der Waals surface area (Å²) in [6.45, 7) is 4.06. The number of anilines is 1. The van der Waals surface area contributed by atoms with Crippen molar-refractivity contribution >= 4 is 17.5 Å². The Kier molecular flexibility index (Phi) is 12.1. The summed E-state index contributed by atoms with van der Waals surface area (Å²) in [5.74, 6) is 1.15. The van der Waals surface area contributed by atoms with Gasteiger partial charge in [-0.05, 0) is 87.1 Å². The van der Waals surface area contributed by atoms with Crippen LogP contribution >= 0.6 is 0 Å². The second-order valence-electron chi connectivity index (χ2n) is 11.0. The summed E-state index contributed by atoms with van der Waals surface area (Å²) < 4.78 is 24.2. The van der Waals surface area contributed by atoms with Crippen LogP contribution in [0, 0.1) is 12.7 Å². The number of benzene rings is 4. The van der Waals surface area contributed by atoms with Crippen molar-refractivity contribution in [2.24, 2.45) is 0 Å². The van der Waals surface area contributed by atoms with Crippen LogP contribution in [0.4, 0.5) is 10.1 Å². The maximum atomic E-state index is 12.8. The fraction of sp³-hybridized carbons (Fsp3) is 0.278. The van der Waals surface area contributed by atoms with Crippen LogP contribution < -0.4 is 14.8 Å². The van der Waals surface area contributed by atoms with Gasteiger partial charge in [0.05, 0.1) is 30.9 Å². The Morgan fingerprint density at radius 3 is 2.24 bits per heavy atom. The molecule has 0 aliphatic carbocycles. The molecule has 0 radical (unpaired) electrons. The number of halogens is 1. The van der Waals surface area contributed by atoms with E-state index in [2.05, 4.69) is 10.2 Å². The number of ether oxygens (including phenoxy) is 2. The summed E-state index contributed by atoms with van der Waals surface area (Å²) in [6.07, 6.45) is 0.908. The smallest absolute Gasteiger partial charge is 0.257 e. The topological polar surface area (TPSA) is 91.3 Å². The Morgan fingerprint density at radius 1 is 0.956 bits per heavy atom. The third kappa shape index (κ3) is 10.2. The molecule has 9 heteroatoms. The number of aliphatic hydroxyl groups is 1. The number of aryl methyl sites for hydroxylation is 1. The number of fused-ring (bicyclic) bond motifs is 1. The Balaban J connectivity index is 0.000000222. The van der Waals surface area contributed by atoms with Crippen LogP contribution in [-0.4, -0.2) is 67.1 Å². The SMILES string of the molecule is CN(C)Cc1ccc(Oc2ccc(F)cc2)cc1.Cc1ccc(CC(=O)Nc2cccc3c2OCCCN(CCO)C3=O)cc1. The normalized spacial score (nSPS) is 12.7. The van der Waals surface area contributed by atoms with E-state index in [9.17, 15) is 19.1 Å². The number of para-hydroxylation sites is 1. The zero-order valence-corrected chi connectivity index (χ0v) is 26.0. The molecule has 4 aromatic carbocycles. The number of amides is 2. The van der Waals surface area contributed by atoms with Crippen molar-refractivity contribution in [2.45, 2.75) is 26.3 Å². The van der Waals surface area contributed by atoms with Crippen LogP contribution in [0.25, 0.3) is 0 Å². The summed E-state index contributed by atoms with van der Waals surface area (Å²) in [6, 6.07) is 26.8.